The predicted octanol–water partition coefficient (Wildman–Crippen LogP) is 3.87. The van der Waals surface area contributed by atoms with Crippen LogP contribution in [-0.4, -0.2) is 6.54 Å². The fourth-order valence-electron chi connectivity index (χ4n) is 1.98. The van der Waals surface area contributed by atoms with Crippen LogP contribution in [0.2, 0.25) is 0 Å². The van der Waals surface area contributed by atoms with Crippen molar-refractivity contribution >= 4 is 0 Å². The van der Waals surface area contributed by atoms with Crippen LogP contribution in [0.4, 0.5) is 0 Å². The van der Waals surface area contributed by atoms with E-state index >= 15 is 0 Å². The van der Waals surface area contributed by atoms with Crippen LogP contribution in [0.5, 0.6) is 0 Å². The molecule has 1 aromatic rings. The molecule has 88 valence electrons. The number of nitrogens with one attached hydrogen (secondary N) is 1. The summed E-state index contributed by atoms with van der Waals surface area (Å²) in [5.41, 5.74) is 3.99. The number of hydrogen-bond donors (Lipinski definition) is 1. The largest absolute Gasteiger partial charge is 0.307 e. The third-order valence-electron chi connectivity index (χ3n) is 2.84. The number of aryl methyl sites for hydroxylation is 1. The molecule has 1 N–H and O–H groups in total. The van der Waals surface area contributed by atoms with Gasteiger partial charge < -0.3 is 5.32 Å². The smallest absolute Gasteiger partial charge is 0.0533 e. The molecular formula is C15H23N. The molecule has 0 saturated heterocycles. The van der Waals surface area contributed by atoms with E-state index in [9.17, 15) is 0 Å². The molecule has 0 aliphatic carbocycles. The fourth-order valence-corrected chi connectivity index (χ4v) is 1.98. The summed E-state index contributed by atoms with van der Waals surface area (Å²) in [5.74, 6) is 0. The van der Waals surface area contributed by atoms with Crippen molar-refractivity contribution in [1.29, 1.82) is 0 Å². The lowest BCUT2D eigenvalue weighted by molar-refractivity contribution is 0.587. The SMILES string of the molecule is C=C(C)C(NCCC)c1ccccc1CC. The van der Waals surface area contributed by atoms with E-state index in [0.29, 0.717) is 6.04 Å². The third kappa shape index (κ3) is 3.21. The lowest BCUT2D eigenvalue weighted by atomic mass is 9.94. The quantitative estimate of drug-likeness (QED) is 0.713. The summed E-state index contributed by atoms with van der Waals surface area (Å²) in [5, 5.41) is 3.56. The van der Waals surface area contributed by atoms with E-state index in [-0.39, 0.29) is 0 Å². The standard InChI is InChI=1S/C15H23N/c1-5-11-16-15(12(3)4)14-10-8-7-9-13(14)6-2/h7-10,15-16H,3,5-6,11H2,1-2,4H3. The monoisotopic (exact) mass is 217 g/mol. The van der Waals surface area contributed by atoms with Crippen molar-refractivity contribution < 1.29 is 0 Å². The highest BCUT2D eigenvalue weighted by molar-refractivity contribution is 5.34. The Balaban J connectivity index is 2.95. The first kappa shape index (κ1) is 13.0. The number of hydrogen-bond acceptors (Lipinski definition) is 1. The molecule has 0 saturated carbocycles. The first-order chi connectivity index (χ1) is 7.70. The van der Waals surface area contributed by atoms with Gasteiger partial charge in [-0.05, 0) is 37.4 Å². The molecular weight excluding hydrogens is 194 g/mol. The van der Waals surface area contributed by atoms with Crippen molar-refractivity contribution in [1.82, 2.24) is 5.32 Å². The van der Waals surface area contributed by atoms with E-state index in [1.165, 1.54) is 16.7 Å². The molecule has 1 unspecified atom stereocenters. The zero-order valence-electron chi connectivity index (χ0n) is 10.7. The molecule has 0 spiro atoms. The topological polar surface area (TPSA) is 12.0 Å². The molecule has 0 aromatic heterocycles. The van der Waals surface area contributed by atoms with Crippen LogP contribution in [-0.2, 0) is 6.42 Å². The summed E-state index contributed by atoms with van der Waals surface area (Å²) in [6, 6.07) is 8.94. The van der Waals surface area contributed by atoms with Crippen LogP contribution in [0.25, 0.3) is 0 Å². The van der Waals surface area contributed by atoms with Gasteiger partial charge in [0.05, 0.1) is 6.04 Å². The molecule has 1 rings (SSSR count). The predicted molar refractivity (Wildman–Crippen MR) is 71.7 cm³/mol. The van der Waals surface area contributed by atoms with Gasteiger partial charge in [-0.25, -0.2) is 0 Å². The van der Waals surface area contributed by atoms with E-state index in [1.54, 1.807) is 0 Å². The third-order valence-corrected chi connectivity index (χ3v) is 2.84. The van der Waals surface area contributed by atoms with E-state index in [1.807, 2.05) is 0 Å². The fraction of sp³-hybridized carbons (Fsp3) is 0.467. The van der Waals surface area contributed by atoms with Crippen molar-refractivity contribution in [3.05, 3.63) is 47.5 Å². The van der Waals surface area contributed by atoms with Crippen LogP contribution < -0.4 is 5.32 Å². The molecule has 1 heteroatoms. The van der Waals surface area contributed by atoms with Gasteiger partial charge >= 0.3 is 0 Å². The molecule has 1 atom stereocenters. The number of benzene rings is 1. The maximum absolute atomic E-state index is 4.10. The van der Waals surface area contributed by atoms with Crippen molar-refractivity contribution in [2.75, 3.05) is 6.54 Å². The summed E-state index contributed by atoms with van der Waals surface area (Å²) in [6.07, 6.45) is 2.23. The van der Waals surface area contributed by atoms with E-state index < -0.39 is 0 Å². The molecule has 1 aromatic carbocycles. The Hall–Kier alpha value is -1.08. The van der Waals surface area contributed by atoms with Gasteiger partial charge in [-0.15, -0.1) is 0 Å². The van der Waals surface area contributed by atoms with Crippen molar-refractivity contribution in [3.63, 3.8) is 0 Å². The molecule has 0 heterocycles. The molecule has 0 aliphatic rings. The second-order valence-electron chi connectivity index (χ2n) is 4.29. The summed E-state index contributed by atoms with van der Waals surface area (Å²) >= 11 is 0. The lowest BCUT2D eigenvalue weighted by Gasteiger charge is -2.21. The Labute approximate surface area is 99.6 Å². The van der Waals surface area contributed by atoms with Gasteiger partial charge in [0, 0.05) is 0 Å². The molecule has 0 amide bonds. The van der Waals surface area contributed by atoms with Crippen LogP contribution in [0.1, 0.15) is 44.4 Å². The van der Waals surface area contributed by atoms with Crippen molar-refractivity contribution in [2.45, 2.75) is 39.7 Å². The van der Waals surface area contributed by atoms with E-state index in [2.05, 4.69) is 56.9 Å². The molecule has 0 fully saturated rings. The summed E-state index contributed by atoms with van der Waals surface area (Å²) in [7, 11) is 0. The Morgan fingerprint density at radius 3 is 2.56 bits per heavy atom. The highest BCUT2D eigenvalue weighted by Crippen LogP contribution is 2.24. The van der Waals surface area contributed by atoms with Crippen LogP contribution in [0.3, 0.4) is 0 Å². The van der Waals surface area contributed by atoms with Crippen molar-refractivity contribution in [2.24, 2.45) is 0 Å². The second kappa shape index (κ2) is 6.49. The van der Waals surface area contributed by atoms with Gasteiger partial charge in [0.1, 0.15) is 0 Å². The van der Waals surface area contributed by atoms with Gasteiger partial charge in [0.2, 0.25) is 0 Å². The van der Waals surface area contributed by atoms with Gasteiger partial charge in [-0.3, -0.25) is 0 Å². The minimum Gasteiger partial charge on any atom is -0.307 e. The van der Waals surface area contributed by atoms with Gasteiger partial charge in [0.25, 0.3) is 0 Å². The average molecular weight is 217 g/mol. The Morgan fingerprint density at radius 2 is 2.00 bits per heavy atom. The van der Waals surface area contributed by atoms with Gasteiger partial charge in [-0.1, -0.05) is 50.3 Å². The minimum absolute atomic E-state index is 0.302. The van der Waals surface area contributed by atoms with Crippen molar-refractivity contribution in [3.8, 4) is 0 Å². The molecule has 16 heavy (non-hydrogen) atoms. The highest BCUT2D eigenvalue weighted by Gasteiger charge is 2.13. The van der Waals surface area contributed by atoms with Crippen LogP contribution in [0, 0.1) is 0 Å². The molecule has 1 nitrogen and oxygen atoms in total. The summed E-state index contributed by atoms with van der Waals surface area (Å²) in [4.78, 5) is 0. The van der Waals surface area contributed by atoms with E-state index in [0.717, 1.165) is 19.4 Å². The Morgan fingerprint density at radius 1 is 1.31 bits per heavy atom. The summed E-state index contributed by atoms with van der Waals surface area (Å²) < 4.78 is 0. The lowest BCUT2D eigenvalue weighted by Crippen LogP contribution is -2.23. The molecule has 0 bridgehead atoms. The Bertz CT molecular complexity index is 341. The van der Waals surface area contributed by atoms with E-state index in [4.69, 9.17) is 0 Å². The van der Waals surface area contributed by atoms with Gasteiger partial charge in [-0.2, -0.15) is 0 Å². The van der Waals surface area contributed by atoms with Crippen LogP contribution >= 0.6 is 0 Å². The number of rotatable bonds is 6. The molecule has 0 aliphatic heterocycles. The minimum atomic E-state index is 0.302. The maximum atomic E-state index is 4.10. The highest BCUT2D eigenvalue weighted by atomic mass is 14.9. The van der Waals surface area contributed by atoms with Gasteiger partial charge in [0.15, 0.2) is 0 Å². The molecule has 0 radical (unpaired) electrons. The zero-order chi connectivity index (χ0) is 12.0. The maximum Gasteiger partial charge on any atom is 0.0533 e. The second-order valence-corrected chi connectivity index (χ2v) is 4.29. The summed E-state index contributed by atoms with van der Waals surface area (Å²) in [6.45, 7) is 11.6. The Kier molecular flexibility index (Phi) is 5.27. The first-order valence-electron chi connectivity index (χ1n) is 6.17. The zero-order valence-corrected chi connectivity index (χ0v) is 10.7. The normalized spacial score (nSPS) is 12.4. The average Bonchev–Trinajstić information content (AvgIpc) is 2.29. The van der Waals surface area contributed by atoms with Crippen LogP contribution in [0.15, 0.2) is 36.4 Å². The first-order valence-corrected chi connectivity index (χ1v) is 6.17.